The molecular weight excluding hydrogens is 274 g/mol. The molecule has 5 nitrogen and oxygen atoms in total. The Labute approximate surface area is 128 Å². The summed E-state index contributed by atoms with van der Waals surface area (Å²) in [6.45, 7) is 2.12. The zero-order chi connectivity index (χ0) is 14.9. The van der Waals surface area contributed by atoms with Crippen LogP contribution in [0.3, 0.4) is 0 Å². The Morgan fingerprint density at radius 2 is 2.09 bits per heavy atom. The van der Waals surface area contributed by atoms with Crippen molar-refractivity contribution in [3.8, 4) is 23.5 Å². The fourth-order valence-electron chi connectivity index (χ4n) is 3.04. The minimum atomic E-state index is 0.486. The SMILES string of the molecule is C#Cc1c[nH]c2ncc(-c3cnn(C4CCNCC4)c3)cc12. The highest BCUT2D eigenvalue weighted by Crippen LogP contribution is 2.26. The molecule has 0 atom stereocenters. The number of fused-ring (bicyclic) bond motifs is 1. The molecule has 1 fully saturated rings. The van der Waals surface area contributed by atoms with E-state index in [1.165, 1.54) is 0 Å². The number of H-pyrrole nitrogens is 1. The van der Waals surface area contributed by atoms with Gasteiger partial charge in [0.25, 0.3) is 0 Å². The van der Waals surface area contributed by atoms with E-state index in [4.69, 9.17) is 6.42 Å². The van der Waals surface area contributed by atoms with E-state index in [1.54, 1.807) is 0 Å². The Bertz CT molecular complexity index is 845. The van der Waals surface area contributed by atoms with Crippen molar-refractivity contribution in [1.29, 1.82) is 0 Å². The Kier molecular flexibility index (Phi) is 3.17. The predicted molar refractivity (Wildman–Crippen MR) is 86.4 cm³/mol. The summed E-state index contributed by atoms with van der Waals surface area (Å²) in [6, 6.07) is 2.57. The topological polar surface area (TPSA) is 58.5 Å². The summed E-state index contributed by atoms with van der Waals surface area (Å²) in [5, 5.41) is 8.90. The zero-order valence-electron chi connectivity index (χ0n) is 12.2. The van der Waals surface area contributed by atoms with Crippen LogP contribution in [0.2, 0.25) is 0 Å². The van der Waals surface area contributed by atoms with Gasteiger partial charge in [-0.15, -0.1) is 6.42 Å². The van der Waals surface area contributed by atoms with Gasteiger partial charge in [-0.3, -0.25) is 4.68 Å². The highest BCUT2D eigenvalue weighted by atomic mass is 15.3. The van der Waals surface area contributed by atoms with Crippen molar-refractivity contribution in [3.05, 3.63) is 36.4 Å². The minimum absolute atomic E-state index is 0.486. The lowest BCUT2D eigenvalue weighted by Gasteiger charge is -2.22. The van der Waals surface area contributed by atoms with E-state index in [0.29, 0.717) is 6.04 Å². The van der Waals surface area contributed by atoms with Gasteiger partial charge in [0.2, 0.25) is 0 Å². The lowest BCUT2D eigenvalue weighted by atomic mass is 10.1. The average molecular weight is 291 g/mol. The standard InChI is InChI=1S/C17H17N5/c1-2-12-8-19-17-16(12)7-13(9-20-17)14-10-21-22(11-14)15-3-5-18-6-4-15/h1,7-11,15,18H,3-6H2,(H,19,20). The van der Waals surface area contributed by atoms with Gasteiger partial charge in [0.1, 0.15) is 5.65 Å². The molecule has 2 N–H and O–H groups in total. The Hall–Kier alpha value is -2.58. The van der Waals surface area contributed by atoms with Crippen molar-refractivity contribution in [2.45, 2.75) is 18.9 Å². The largest absolute Gasteiger partial charge is 0.345 e. The van der Waals surface area contributed by atoms with Crippen molar-refractivity contribution in [2.24, 2.45) is 0 Å². The monoisotopic (exact) mass is 291 g/mol. The molecule has 5 heteroatoms. The second-order valence-electron chi connectivity index (χ2n) is 5.66. The first-order valence-electron chi connectivity index (χ1n) is 7.54. The summed E-state index contributed by atoms with van der Waals surface area (Å²) in [6.07, 6.45) is 15.5. The van der Waals surface area contributed by atoms with E-state index in [2.05, 4.69) is 43.2 Å². The van der Waals surface area contributed by atoms with Gasteiger partial charge in [0.15, 0.2) is 0 Å². The van der Waals surface area contributed by atoms with Gasteiger partial charge < -0.3 is 10.3 Å². The number of terminal acetylenes is 1. The molecule has 4 rings (SSSR count). The predicted octanol–water partition coefficient (Wildman–Crippen LogP) is 2.33. The van der Waals surface area contributed by atoms with E-state index in [9.17, 15) is 0 Å². The average Bonchev–Trinajstić information content (AvgIpc) is 3.22. The molecule has 0 amide bonds. The molecule has 0 unspecified atom stereocenters. The highest BCUT2D eigenvalue weighted by molar-refractivity contribution is 5.86. The van der Waals surface area contributed by atoms with Crippen LogP contribution in [0.15, 0.2) is 30.9 Å². The number of hydrogen-bond donors (Lipinski definition) is 2. The third kappa shape index (κ3) is 2.18. The molecule has 110 valence electrons. The van der Waals surface area contributed by atoms with E-state index < -0.39 is 0 Å². The lowest BCUT2D eigenvalue weighted by molar-refractivity contribution is 0.343. The molecule has 0 bridgehead atoms. The molecule has 0 spiro atoms. The second kappa shape index (κ2) is 5.32. The number of pyridine rings is 1. The first-order valence-corrected chi connectivity index (χ1v) is 7.54. The van der Waals surface area contributed by atoms with Crippen LogP contribution in [0.4, 0.5) is 0 Å². The normalized spacial score (nSPS) is 16.0. The number of rotatable bonds is 2. The molecule has 1 saturated heterocycles. The second-order valence-corrected chi connectivity index (χ2v) is 5.66. The van der Waals surface area contributed by atoms with Crippen LogP contribution in [0.25, 0.3) is 22.2 Å². The van der Waals surface area contributed by atoms with Crippen molar-refractivity contribution < 1.29 is 0 Å². The van der Waals surface area contributed by atoms with Crippen molar-refractivity contribution in [1.82, 2.24) is 25.1 Å². The number of piperidine rings is 1. The number of nitrogens with one attached hydrogen (secondary N) is 2. The van der Waals surface area contributed by atoms with Crippen LogP contribution in [-0.2, 0) is 0 Å². The Morgan fingerprint density at radius 3 is 2.91 bits per heavy atom. The molecular formula is C17H17N5. The molecule has 1 aliphatic heterocycles. The molecule has 22 heavy (non-hydrogen) atoms. The van der Waals surface area contributed by atoms with Crippen LogP contribution in [-0.4, -0.2) is 32.8 Å². The summed E-state index contributed by atoms with van der Waals surface area (Å²) >= 11 is 0. The molecule has 3 aromatic rings. The number of aromatic nitrogens is 4. The maximum absolute atomic E-state index is 5.53. The van der Waals surface area contributed by atoms with Crippen LogP contribution >= 0.6 is 0 Å². The molecule has 0 aromatic carbocycles. The summed E-state index contributed by atoms with van der Waals surface area (Å²) in [7, 11) is 0. The lowest BCUT2D eigenvalue weighted by Crippen LogP contribution is -2.29. The number of hydrogen-bond acceptors (Lipinski definition) is 3. The highest BCUT2D eigenvalue weighted by Gasteiger charge is 2.16. The fourth-order valence-corrected chi connectivity index (χ4v) is 3.04. The Morgan fingerprint density at radius 1 is 1.23 bits per heavy atom. The number of aromatic amines is 1. The third-order valence-electron chi connectivity index (χ3n) is 4.30. The zero-order valence-corrected chi connectivity index (χ0v) is 12.2. The maximum Gasteiger partial charge on any atom is 0.138 e. The van der Waals surface area contributed by atoms with E-state index in [1.807, 2.05) is 18.6 Å². The van der Waals surface area contributed by atoms with E-state index in [0.717, 1.165) is 53.7 Å². The van der Waals surface area contributed by atoms with E-state index in [-0.39, 0.29) is 0 Å². The first kappa shape index (κ1) is 13.1. The van der Waals surface area contributed by atoms with Crippen LogP contribution < -0.4 is 5.32 Å². The van der Waals surface area contributed by atoms with Crippen molar-refractivity contribution in [3.63, 3.8) is 0 Å². The molecule has 0 aliphatic carbocycles. The summed E-state index contributed by atoms with van der Waals surface area (Å²) < 4.78 is 2.08. The van der Waals surface area contributed by atoms with Crippen LogP contribution in [0.5, 0.6) is 0 Å². The molecule has 3 aromatic heterocycles. The Balaban J connectivity index is 1.69. The summed E-state index contributed by atoms with van der Waals surface area (Å²) in [4.78, 5) is 7.54. The van der Waals surface area contributed by atoms with Crippen molar-refractivity contribution >= 4 is 11.0 Å². The summed E-state index contributed by atoms with van der Waals surface area (Å²) in [5.41, 5.74) is 3.79. The first-order chi connectivity index (χ1) is 10.8. The van der Waals surface area contributed by atoms with Crippen LogP contribution in [0.1, 0.15) is 24.4 Å². The summed E-state index contributed by atoms with van der Waals surface area (Å²) in [5.74, 6) is 2.69. The molecule has 0 radical (unpaired) electrons. The van der Waals surface area contributed by atoms with Gasteiger partial charge in [-0.1, -0.05) is 5.92 Å². The minimum Gasteiger partial charge on any atom is -0.345 e. The van der Waals surface area contributed by atoms with Crippen molar-refractivity contribution in [2.75, 3.05) is 13.1 Å². The quantitative estimate of drug-likeness (QED) is 0.712. The number of nitrogens with zero attached hydrogens (tertiary/aromatic N) is 3. The van der Waals surface area contributed by atoms with Gasteiger partial charge in [-0.2, -0.15) is 5.10 Å². The van der Waals surface area contributed by atoms with Gasteiger partial charge in [-0.25, -0.2) is 4.98 Å². The fraction of sp³-hybridized carbons (Fsp3) is 0.294. The van der Waals surface area contributed by atoms with Gasteiger partial charge in [-0.05, 0) is 32.0 Å². The maximum atomic E-state index is 5.53. The smallest absolute Gasteiger partial charge is 0.138 e. The van der Waals surface area contributed by atoms with Gasteiger partial charge in [0.05, 0.1) is 17.8 Å². The third-order valence-corrected chi connectivity index (χ3v) is 4.30. The van der Waals surface area contributed by atoms with Gasteiger partial charge >= 0.3 is 0 Å². The molecule has 0 saturated carbocycles. The van der Waals surface area contributed by atoms with Gasteiger partial charge in [0, 0.05) is 35.1 Å². The molecule has 1 aliphatic rings. The van der Waals surface area contributed by atoms with E-state index >= 15 is 0 Å². The van der Waals surface area contributed by atoms with Crippen LogP contribution in [0, 0.1) is 12.3 Å². The molecule has 4 heterocycles.